The topological polar surface area (TPSA) is 20.3 Å². The highest BCUT2D eigenvalue weighted by Gasteiger charge is 2.12. The highest BCUT2D eigenvalue weighted by atomic mass is 16.1. The number of hydrogen-bond donors (Lipinski definition) is 0. The van der Waals surface area contributed by atoms with Gasteiger partial charge in [0.15, 0.2) is 5.78 Å². The minimum atomic E-state index is 0.243. The van der Waals surface area contributed by atoms with Crippen LogP contribution in [-0.2, 0) is 0 Å². The fourth-order valence-electron chi connectivity index (χ4n) is 2.26. The molecule has 0 unspecified atom stereocenters. The quantitative estimate of drug-likeness (QED) is 0.685. The Hall–Kier alpha value is -1.15. The van der Waals surface area contributed by atoms with Crippen molar-refractivity contribution in [3.63, 3.8) is 0 Å². The summed E-state index contributed by atoms with van der Waals surface area (Å²) in [5, 5.41) is 0. The van der Waals surface area contributed by atoms with Crippen LogP contribution < -0.4 is 0 Å². The minimum absolute atomic E-state index is 0.243. The summed E-state index contributed by atoms with van der Waals surface area (Å²) in [5.41, 5.74) is 2.03. The van der Waals surface area contributed by atoms with Gasteiger partial charge in [-0.05, 0) is 26.8 Å². The Kier molecular flexibility index (Phi) is 6.06. The maximum Gasteiger partial charge on any atom is 0.164 e. The largest absolute Gasteiger partial charge is 0.303 e. The molecule has 0 atom stereocenters. The van der Waals surface area contributed by atoms with Gasteiger partial charge in [0.2, 0.25) is 0 Å². The first kappa shape index (κ1) is 14.9. The summed E-state index contributed by atoms with van der Waals surface area (Å²) in [6, 6.07) is 8.44. The van der Waals surface area contributed by atoms with E-state index >= 15 is 0 Å². The van der Waals surface area contributed by atoms with Crippen LogP contribution in [0.2, 0.25) is 0 Å². The Bertz CT molecular complexity index is 365. The molecule has 0 aliphatic rings. The summed E-state index contributed by atoms with van der Waals surface area (Å²) < 4.78 is 0. The lowest BCUT2D eigenvalue weighted by Crippen LogP contribution is -2.32. The zero-order valence-corrected chi connectivity index (χ0v) is 12.1. The predicted molar refractivity (Wildman–Crippen MR) is 77.1 cm³/mol. The van der Waals surface area contributed by atoms with Gasteiger partial charge in [-0.15, -0.1) is 0 Å². The fraction of sp³-hybridized carbons (Fsp3) is 0.562. The van der Waals surface area contributed by atoms with Crippen molar-refractivity contribution in [2.45, 2.75) is 46.1 Å². The number of carbonyl (C=O) groups excluding carboxylic acids is 1. The van der Waals surface area contributed by atoms with Gasteiger partial charge in [-0.2, -0.15) is 0 Å². The maximum absolute atomic E-state index is 12.0. The molecule has 18 heavy (non-hydrogen) atoms. The number of Topliss-reactive ketones (excluding diaryl/α,β-unsaturated/α-hetero) is 1. The van der Waals surface area contributed by atoms with Crippen LogP contribution in [0.5, 0.6) is 0 Å². The highest BCUT2D eigenvalue weighted by Crippen LogP contribution is 2.10. The van der Waals surface area contributed by atoms with Gasteiger partial charge in [-0.25, -0.2) is 0 Å². The Labute approximate surface area is 111 Å². The third-order valence-electron chi connectivity index (χ3n) is 3.63. The van der Waals surface area contributed by atoms with Crippen LogP contribution in [0.3, 0.4) is 0 Å². The second-order valence-corrected chi connectivity index (χ2v) is 4.99. The zero-order valence-electron chi connectivity index (χ0n) is 12.1. The van der Waals surface area contributed by atoms with Gasteiger partial charge in [-0.3, -0.25) is 4.79 Å². The number of ketones is 1. The van der Waals surface area contributed by atoms with Crippen molar-refractivity contribution in [1.82, 2.24) is 4.90 Å². The summed E-state index contributed by atoms with van der Waals surface area (Å²) in [5.74, 6) is 0.243. The van der Waals surface area contributed by atoms with E-state index in [0.29, 0.717) is 12.5 Å². The molecule has 1 rings (SSSR count). The average Bonchev–Trinajstić information content (AvgIpc) is 2.38. The molecule has 0 bridgehead atoms. The van der Waals surface area contributed by atoms with E-state index in [2.05, 4.69) is 25.8 Å². The molecule has 0 spiro atoms. The molecule has 2 nitrogen and oxygen atoms in total. The number of aryl methyl sites for hydroxylation is 1. The molecule has 0 radical (unpaired) electrons. The van der Waals surface area contributed by atoms with Crippen molar-refractivity contribution >= 4 is 5.78 Å². The summed E-state index contributed by atoms with van der Waals surface area (Å²) in [7, 11) is 2.11. The molecule has 0 heterocycles. The molecule has 2 heteroatoms. The van der Waals surface area contributed by atoms with E-state index in [0.717, 1.165) is 24.9 Å². The van der Waals surface area contributed by atoms with E-state index in [1.807, 2.05) is 31.2 Å². The SMILES string of the molecule is CCC(CC)N(C)CCC(=O)c1ccc(C)cc1. The third kappa shape index (κ3) is 4.26. The smallest absolute Gasteiger partial charge is 0.164 e. The average molecular weight is 247 g/mol. The molecule has 0 amide bonds. The van der Waals surface area contributed by atoms with E-state index in [-0.39, 0.29) is 5.78 Å². The number of rotatable bonds is 7. The highest BCUT2D eigenvalue weighted by molar-refractivity contribution is 5.96. The number of hydrogen-bond acceptors (Lipinski definition) is 2. The van der Waals surface area contributed by atoms with Gasteiger partial charge in [0.05, 0.1) is 0 Å². The van der Waals surface area contributed by atoms with E-state index in [4.69, 9.17) is 0 Å². The lowest BCUT2D eigenvalue weighted by molar-refractivity contribution is 0.0958. The van der Waals surface area contributed by atoms with Crippen LogP contribution in [0, 0.1) is 6.92 Å². The normalized spacial score (nSPS) is 11.2. The Morgan fingerprint density at radius 3 is 2.22 bits per heavy atom. The Morgan fingerprint density at radius 2 is 1.72 bits per heavy atom. The monoisotopic (exact) mass is 247 g/mol. The first-order valence-corrected chi connectivity index (χ1v) is 6.88. The van der Waals surface area contributed by atoms with Crippen LogP contribution in [0.4, 0.5) is 0 Å². The van der Waals surface area contributed by atoms with Gasteiger partial charge in [0.25, 0.3) is 0 Å². The first-order valence-electron chi connectivity index (χ1n) is 6.88. The van der Waals surface area contributed by atoms with Gasteiger partial charge >= 0.3 is 0 Å². The van der Waals surface area contributed by atoms with Crippen molar-refractivity contribution in [2.75, 3.05) is 13.6 Å². The summed E-state index contributed by atoms with van der Waals surface area (Å²) in [6.07, 6.45) is 2.90. The van der Waals surface area contributed by atoms with Crippen LogP contribution in [-0.4, -0.2) is 30.3 Å². The second kappa shape index (κ2) is 7.32. The number of carbonyl (C=O) groups is 1. The zero-order chi connectivity index (χ0) is 13.5. The molecule has 0 N–H and O–H groups in total. The molecule has 1 aromatic carbocycles. The minimum Gasteiger partial charge on any atom is -0.303 e. The fourth-order valence-corrected chi connectivity index (χ4v) is 2.26. The van der Waals surface area contributed by atoms with Crippen molar-refractivity contribution in [1.29, 1.82) is 0 Å². The molecule has 0 aromatic heterocycles. The maximum atomic E-state index is 12.0. The van der Waals surface area contributed by atoms with Gasteiger partial charge < -0.3 is 4.90 Å². The van der Waals surface area contributed by atoms with E-state index in [9.17, 15) is 4.79 Å². The Balaban J connectivity index is 2.48. The molecule has 100 valence electrons. The van der Waals surface area contributed by atoms with Crippen LogP contribution in [0.15, 0.2) is 24.3 Å². The van der Waals surface area contributed by atoms with Gasteiger partial charge in [0.1, 0.15) is 0 Å². The van der Waals surface area contributed by atoms with Gasteiger partial charge in [-0.1, -0.05) is 43.7 Å². The molecular weight excluding hydrogens is 222 g/mol. The van der Waals surface area contributed by atoms with Crippen LogP contribution in [0.25, 0.3) is 0 Å². The molecular formula is C16H25NO. The van der Waals surface area contributed by atoms with Crippen LogP contribution in [0.1, 0.15) is 49.0 Å². The van der Waals surface area contributed by atoms with E-state index < -0.39 is 0 Å². The summed E-state index contributed by atoms with van der Waals surface area (Å²) >= 11 is 0. The molecule has 0 saturated heterocycles. The second-order valence-electron chi connectivity index (χ2n) is 4.99. The van der Waals surface area contributed by atoms with Crippen molar-refractivity contribution in [3.8, 4) is 0 Å². The van der Waals surface area contributed by atoms with E-state index in [1.165, 1.54) is 5.56 Å². The lowest BCUT2D eigenvalue weighted by Gasteiger charge is -2.25. The molecule has 0 saturated carbocycles. The Morgan fingerprint density at radius 1 is 1.17 bits per heavy atom. The summed E-state index contributed by atoms with van der Waals surface area (Å²) in [4.78, 5) is 14.3. The molecule has 0 aliphatic heterocycles. The molecule has 0 fully saturated rings. The van der Waals surface area contributed by atoms with Crippen molar-refractivity contribution < 1.29 is 4.79 Å². The standard InChI is InChI=1S/C16H25NO/c1-5-15(6-2)17(4)12-11-16(18)14-9-7-13(3)8-10-14/h7-10,15H,5-6,11-12H2,1-4H3. The number of benzene rings is 1. The predicted octanol–water partition coefficient (Wildman–Crippen LogP) is 3.69. The number of nitrogens with zero attached hydrogens (tertiary/aromatic N) is 1. The van der Waals surface area contributed by atoms with Crippen LogP contribution >= 0.6 is 0 Å². The lowest BCUT2D eigenvalue weighted by atomic mass is 10.1. The van der Waals surface area contributed by atoms with Crippen molar-refractivity contribution in [3.05, 3.63) is 35.4 Å². The molecule has 0 aliphatic carbocycles. The van der Waals surface area contributed by atoms with Gasteiger partial charge in [0, 0.05) is 24.6 Å². The first-order chi connectivity index (χ1) is 8.58. The van der Waals surface area contributed by atoms with E-state index in [1.54, 1.807) is 0 Å². The molecule has 1 aromatic rings. The summed E-state index contributed by atoms with van der Waals surface area (Å²) in [6.45, 7) is 7.28. The third-order valence-corrected chi connectivity index (χ3v) is 3.63. The van der Waals surface area contributed by atoms with Crippen molar-refractivity contribution in [2.24, 2.45) is 0 Å².